The average Bonchev–Trinajstić information content (AvgIpc) is 3.17. The van der Waals surface area contributed by atoms with E-state index >= 15 is 0 Å². The lowest BCUT2D eigenvalue weighted by molar-refractivity contribution is -0.145. The summed E-state index contributed by atoms with van der Waals surface area (Å²) in [6.07, 6.45) is 1.54. The highest BCUT2D eigenvalue weighted by Gasteiger charge is 2.23. The molecule has 4 rings (SSSR count). The van der Waals surface area contributed by atoms with Crippen LogP contribution in [0.2, 0.25) is 0 Å². The number of carbonyl (C=O) groups is 1. The van der Waals surface area contributed by atoms with Crippen LogP contribution in [-0.2, 0) is 17.8 Å². The predicted molar refractivity (Wildman–Crippen MR) is 139 cm³/mol. The molecule has 7 nitrogen and oxygen atoms in total. The molecule has 0 saturated heterocycles. The van der Waals surface area contributed by atoms with Crippen LogP contribution in [0.5, 0.6) is 5.75 Å². The van der Waals surface area contributed by atoms with Gasteiger partial charge in [0.15, 0.2) is 0 Å². The highest BCUT2D eigenvalue weighted by Crippen LogP contribution is 2.27. The predicted octanol–water partition coefficient (Wildman–Crippen LogP) is 5.25. The van der Waals surface area contributed by atoms with Crippen molar-refractivity contribution in [1.82, 2.24) is 14.3 Å². The van der Waals surface area contributed by atoms with Crippen LogP contribution in [0.1, 0.15) is 53.9 Å². The van der Waals surface area contributed by atoms with Crippen molar-refractivity contribution in [3.8, 4) is 11.4 Å². The summed E-state index contributed by atoms with van der Waals surface area (Å²) in [6.45, 7) is 6.32. The number of aliphatic carboxylic acids is 1. The fourth-order valence-electron chi connectivity index (χ4n) is 4.21. The largest absolute Gasteiger partial charge is 0.478 e. The zero-order valence-electron chi connectivity index (χ0n) is 20.8. The molecule has 1 unspecified atom stereocenters. The lowest BCUT2D eigenvalue weighted by Crippen LogP contribution is -2.25. The smallest absolute Gasteiger partial charge is 0.351 e. The monoisotopic (exact) mass is 485 g/mol. The van der Waals surface area contributed by atoms with Crippen LogP contribution >= 0.6 is 0 Å². The Morgan fingerprint density at radius 2 is 1.72 bits per heavy atom. The molecule has 1 heterocycles. The second-order valence-corrected chi connectivity index (χ2v) is 8.93. The first-order valence-electron chi connectivity index (χ1n) is 12.2. The van der Waals surface area contributed by atoms with Crippen molar-refractivity contribution in [2.24, 2.45) is 0 Å². The Morgan fingerprint density at radius 1 is 1.00 bits per heavy atom. The fourth-order valence-corrected chi connectivity index (χ4v) is 4.21. The number of aromatic nitrogens is 3. The molecule has 0 aliphatic heterocycles. The molecule has 36 heavy (non-hydrogen) atoms. The standard InChI is InChI=1S/C29H31N3O4/c1-4-5-15-26-30-32(24-14-10-9-11-20(24)2)29(35)31(26)19-22-16-17-25(21(3)18-22)36-27(28(33)34)23-12-7-6-8-13-23/h6-14,16-18,27H,4-5,15,19H2,1-3H3,(H,33,34). The third-order valence-electron chi connectivity index (χ3n) is 6.19. The van der Waals surface area contributed by atoms with Crippen molar-refractivity contribution in [1.29, 1.82) is 0 Å². The van der Waals surface area contributed by atoms with Crippen LogP contribution < -0.4 is 10.4 Å². The van der Waals surface area contributed by atoms with E-state index in [2.05, 4.69) is 12.0 Å². The van der Waals surface area contributed by atoms with E-state index < -0.39 is 12.1 Å². The topological polar surface area (TPSA) is 86.4 Å². The molecule has 0 radical (unpaired) electrons. The van der Waals surface area contributed by atoms with E-state index in [0.717, 1.165) is 41.0 Å². The second kappa shape index (κ2) is 11.1. The Labute approximate surface area is 210 Å². The van der Waals surface area contributed by atoms with Gasteiger partial charge in [0.25, 0.3) is 0 Å². The minimum Gasteiger partial charge on any atom is -0.478 e. The number of hydrogen-bond donors (Lipinski definition) is 1. The molecule has 0 aliphatic carbocycles. The Bertz CT molecular complexity index is 1410. The highest BCUT2D eigenvalue weighted by molar-refractivity contribution is 5.75. The van der Waals surface area contributed by atoms with Gasteiger partial charge in [-0.15, -0.1) is 5.10 Å². The van der Waals surface area contributed by atoms with Crippen molar-refractivity contribution < 1.29 is 14.6 Å². The van der Waals surface area contributed by atoms with Crippen molar-refractivity contribution in [3.05, 3.63) is 111 Å². The van der Waals surface area contributed by atoms with Gasteiger partial charge >= 0.3 is 11.7 Å². The van der Waals surface area contributed by atoms with E-state index in [1.165, 1.54) is 4.68 Å². The number of nitrogens with zero attached hydrogens (tertiary/aromatic N) is 3. The summed E-state index contributed by atoms with van der Waals surface area (Å²) in [5, 5.41) is 14.4. The van der Waals surface area contributed by atoms with E-state index in [-0.39, 0.29) is 5.69 Å². The molecule has 0 saturated carbocycles. The number of aryl methyl sites for hydroxylation is 3. The summed E-state index contributed by atoms with van der Waals surface area (Å²) < 4.78 is 9.10. The van der Waals surface area contributed by atoms with Crippen LogP contribution in [0.3, 0.4) is 0 Å². The van der Waals surface area contributed by atoms with Crippen LogP contribution in [0.25, 0.3) is 5.69 Å². The third kappa shape index (κ3) is 5.40. The fraction of sp³-hybridized carbons (Fsp3) is 0.276. The first-order valence-corrected chi connectivity index (χ1v) is 12.2. The Morgan fingerprint density at radius 3 is 2.39 bits per heavy atom. The van der Waals surface area contributed by atoms with Gasteiger partial charge < -0.3 is 9.84 Å². The van der Waals surface area contributed by atoms with Gasteiger partial charge in [0.1, 0.15) is 11.6 Å². The molecule has 0 aliphatic rings. The van der Waals surface area contributed by atoms with Crippen molar-refractivity contribution in [2.45, 2.75) is 52.7 Å². The Hall–Kier alpha value is -4.13. The van der Waals surface area contributed by atoms with Crippen molar-refractivity contribution in [3.63, 3.8) is 0 Å². The summed E-state index contributed by atoms with van der Waals surface area (Å²) in [4.78, 5) is 25.3. The van der Waals surface area contributed by atoms with Crippen LogP contribution in [-0.4, -0.2) is 25.4 Å². The number of carboxylic acid groups (broad SMARTS) is 1. The molecule has 0 bridgehead atoms. The molecule has 1 atom stereocenters. The molecular weight excluding hydrogens is 454 g/mol. The summed E-state index contributed by atoms with van der Waals surface area (Å²) >= 11 is 0. The summed E-state index contributed by atoms with van der Waals surface area (Å²) in [6, 6.07) is 22.2. The van der Waals surface area contributed by atoms with Crippen LogP contribution in [0, 0.1) is 13.8 Å². The molecule has 0 fully saturated rings. The minimum atomic E-state index is -1.11. The average molecular weight is 486 g/mol. The Kier molecular flexibility index (Phi) is 7.68. The first kappa shape index (κ1) is 25.0. The summed E-state index contributed by atoms with van der Waals surface area (Å²) in [5.74, 6) is 0.183. The number of unbranched alkanes of at least 4 members (excludes halogenated alkanes) is 1. The summed E-state index contributed by atoms with van der Waals surface area (Å²) in [7, 11) is 0. The van der Waals surface area contributed by atoms with E-state index in [1.54, 1.807) is 34.9 Å². The molecular formula is C29H31N3O4. The maximum atomic E-state index is 13.4. The van der Waals surface area contributed by atoms with Gasteiger partial charge in [-0.1, -0.05) is 74.0 Å². The van der Waals surface area contributed by atoms with Crippen molar-refractivity contribution >= 4 is 5.97 Å². The maximum Gasteiger partial charge on any atom is 0.351 e. The molecule has 186 valence electrons. The number of carboxylic acids is 1. The Balaban J connectivity index is 1.63. The van der Waals surface area contributed by atoms with Gasteiger partial charge in [-0.25, -0.2) is 9.59 Å². The zero-order chi connectivity index (χ0) is 25.7. The number of ether oxygens (including phenoxy) is 1. The first-order chi connectivity index (χ1) is 17.4. The zero-order valence-corrected chi connectivity index (χ0v) is 20.8. The van der Waals surface area contributed by atoms with Crippen LogP contribution in [0.4, 0.5) is 0 Å². The molecule has 0 amide bonds. The number of hydrogen-bond acceptors (Lipinski definition) is 4. The van der Waals surface area contributed by atoms with E-state index in [0.29, 0.717) is 24.3 Å². The molecule has 1 aromatic heterocycles. The lowest BCUT2D eigenvalue weighted by Gasteiger charge is -2.17. The maximum absolute atomic E-state index is 13.4. The van der Waals surface area contributed by atoms with Gasteiger partial charge in [0.2, 0.25) is 6.10 Å². The molecule has 7 heteroatoms. The van der Waals surface area contributed by atoms with Crippen LogP contribution in [0.15, 0.2) is 77.6 Å². The van der Waals surface area contributed by atoms with E-state index in [4.69, 9.17) is 4.74 Å². The number of benzene rings is 3. The normalized spacial score (nSPS) is 11.9. The van der Waals surface area contributed by atoms with Gasteiger partial charge in [0.05, 0.1) is 12.2 Å². The van der Waals surface area contributed by atoms with Gasteiger partial charge in [-0.2, -0.15) is 4.68 Å². The second-order valence-electron chi connectivity index (χ2n) is 8.93. The van der Waals surface area contributed by atoms with Gasteiger partial charge in [-0.05, 0) is 49.1 Å². The SMILES string of the molecule is CCCCc1nn(-c2ccccc2C)c(=O)n1Cc1ccc(OC(C(=O)O)c2ccccc2)c(C)c1. The summed E-state index contributed by atoms with van der Waals surface area (Å²) in [5.41, 5.74) is 3.86. The van der Waals surface area contributed by atoms with Gasteiger partial charge in [-0.3, -0.25) is 4.57 Å². The highest BCUT2D eigenvalue weighted by atomic mass is 16.5. The third-order valence-corrected chi connectivity index (χ3v) is 6.19. The number of rotatable bonds is 10. The van der Waals surface area contributed by atoms with Gasteiger partial charge in [0, 0.05) is 12.0 Å². The van der Waals surface area contributed by atoms with E-state index in [1.807, 2.05) is 56.3 Å². The molecule has 1 N–H and O–H groups in total. The van der Waals surface area contributed by atoms with E-state index in [9.17, 15) is 14.7 Å². The quantitative estimate of drug-likeness (QED) is 0.332. The lowest BCUT2D eigenvalue weighted by atomic mass is 10.1. The molecule has 3 aromatic carbocycles. The minimum absolute atomic E-state index is 0.177. The molecule has 0 spiro atoms. The number of para-hydroxylation sites is 1. The van der Waals surface area contributed by atoms with Crippen molar-refractivity contribution in [2.75, 3.05) is 0 Å². The molecule has 4 aromatic rings.